The Kier molecular flexibility index (Phi) is 5.83. The molecular weight excluding hydrogens is 330 g/mol. The SMILES string of the molecule is CN(C)S(=O)(=O)CCNC(=O)c1cnc(Nc2ccccc2)nc1. The maximum absolute atomic E-state index is 12.0. The Morgan fingerprint density at radius 2 is 1.75 bits per heavy atom. The molecule has 0 aliphatic heterocycles. The molecule has 0 saturated heterocycles. The summed E-state index contributed by atoms with van der Waals surface area (Å²) in [6.07, 6.45) is 2.77. The van der Waals surface area contributed by atoms with Crippen molar-refractivity contribution in [1.29, 1.82) is 0 Å². The van der Waals surface area contributed by atoms with Crippen LogP contribution in [0.1, 0.15) is 10.4 Å². The molecule has 128 valence electrons. The lowest BCUT2D eigenvalue weighted by Crippen LogP contribution is -2.34. The van der Waals surface area contributed by atoms with Gasteiger partial charge in [-0.3, -0.25) is 4.79 Å². The zero-order valence-corrected chi connectivity index (χ0v) is 14.2. The molecule has 0 saturated carbocycles. The minimum atomic E-state index is -3.34. The van der Waals surface area contributed by atoms with Gasteiger partial charge in [-0.15, -0.1) is 0 Å². The minimum absolute atomic E-state index is 0.0172. The summed E-state index contributed by atoms with van der Waals surface area (Å²) in [6, 6.07) is 9.40. The van der Waals surface area contributed by atoms with E-state index in [1.165, 1.54) is 26.5 Å². The molecular formula is C15H19N5O3S. The summed E-state index contributed by atoms with van der Waals surface area (Å²) in [6.45, 7) is 0.0172. The molecule has 0 spiro atoms. The number of sulfonamides is 1. The predicted octanol–water partition coefficient (Wildman–Crippen LogP) is 0.841. The van der Waals surface area contributed by atoms with Gasteiger partial charge in [0.15, 0.2) is 0 Å². The number of nitrogens with zero attached hydrogens (tertiary/aromatic N) is 3. The van der Waals surface area contributed by atoms with Gasteiger partial charge in [-0.05, 0) is 12.1 Å². The van der Waals surface area contributed by atoms with Crippen molar-refractivity contribution in [3.05, 3.63) is 48.3 Å². The third kappa shape index (κ3) is 5.00. The highest BCUT2D eigenvalue weighted by atomic mass is 32.2. The fraction of sp³-hybridized carbons (Fsp3) is 0.267. The maximum atomic E-state index is 12.0. The average molecular weight is 349 g/mol. The second-order valence-corrected chi connectivity index (χ2v) is 7.44. The van der Waals surface area contributed by atoms with Crippen LogP contribution < -0.4 is 10.6 Å². The number of nitrogens with one attached hydrogen (secondary N) is 2. The second kappa shape index (κ2) is 7.84. The zero-order valence-electron chi connectivity index (χ0n) is 13.4. The largest absolute Gasteiger partial charge is 0.351 e. The van der Waals surface area contributed by atoms with Gasteiger partial charge in [0, 0.05) is 38.7 Å². The van der Waals surface area contributed by atoms with Crippen LogP contribution in [0.5, 0.6) is 0 Å². The van der Waals surface area contributed by atoms with Crippen molar-refractivity contribution in [2.75, 3.05) is 31.7 Å². The van der Waals surface area contributed by atoms with Gasteiger partial charge >= 0.3 is 0 Å². The Labute approximate surface area is 141 Å². The van der Waals surface area contributed by atoms with Crippen LogP contribution in [0.15, 0.2) is 42.7 Å². The monoisotopic (exact) mass is 349 g/mol. The number of para-hydroxylation sites is 1. The van der Waals surface area contributed by atoms with Crippen LogP contribution in [0.25, 0.3) is 0 Å². The van der Waals surface area contributed by atoms with Crippen LogP contribution in [0.3, 0.4) is 0 Å². The van der Waals surface area contributed by atoms with Gasteiger partial charge in [0.05, 0.1) is 11.3 Å². The third-order valence-electron chi connectivity index (χ3n) is 3.15. The highest BCUT2D eigenvalue weighted by Crippen LogP contribution is 2.11. The summed E-state index contributed by atoms with van der Waals surface area (Å²) in [4.78, 5) is 20.1. The molecule has 0 unspecified atom stereocenters. The molecule has 0 atom stereocenters. The van der Waals surface area contributed by atoms with Gasteiger partial charge < -0.3 is 10.6 Å². The summed E-state index contributed by atoms with van der Waals surface area (Å²) in [5, 5.41) is 5.54. The van der Waals surface area contributed by atoms with Crippen LogP contribution >= 0.6 is 0 Å². The molecule has 0 aliphatic rings. The Bertz CT molecular complexity index is 777. The van der Waals surface area contributed by atoms with Gasteiger partial charge in [-0.1, -0.05) is 18.2 Å². The molecule has 1 aromatic carbocycles. The van der Waals surface area contributed by atoms with Crippen LogP contribution in [-0.4, -0.2) is 55.0 Å². The molecule has 0 radical (unpaired) electrons. The summed E-state index contributed by atoms with van der Waals surface area (Å²) >= 11 is 0. The second-order valence-electron chi connectivity index (χ2n) is 5.14. The smallest absolute Gasteiger partial charge is 0.254 e. The Morgan fingerprint density at radius 1 is 1.12 bits per heavy atom. The lowest BCUT2D eigenvalue weighted by molar-refractivity contribution is 0.0955. The number of carbonyl (C=O) groups is 1. The lowest BCUT2D eigenvalue weighted by Gasteiger charge is -2.11. The number of aromatic nitrogens is 2. The van der Waals surface area contributed by atoms with Gasteiger partial charge in [-0.2, -0.15) is 0 Å². The van der Waals surface area contributed by atoms with Crippen LogP contribution in [0.4, 0.5) is 11.6 Å². The van der Waals surface area contributed by atoms with Crippen LogP contribution in [0.2, 0.25) is 0 Å². The van der Waals surface area contributed by atoms with Crippen molar-refractivity contribution < 1.29 is 13.2 Å². The molecule has 9 heteroatoms. The first kappa shape index (κ1) is 17.8. The topological polar surface area (TPSA) is 104 Å². The van der Waals surface area contributed by atoms with Crippen LogP contribution in [-0.2, 0) is 10.0 Å². The fourth-order valence-electron chi connectivity index (χ4n) is 1.74. The Morgan fingerprint density at radius 3 is 2.33 bits per heavy atom. The van der Waals surface area contributed by atoms with E-state index < -0.39 is 15.9 Å². The quantitative estimate of drug-likeness (QED) is 0.768. The third-order valence-corrected chi connectivity index (χ3v) is 4.98. The van der Waals surface area contributed by atoms with Crippen molar-refractivity contribution in [2.24, 2.45) is 0 Å². The summed E-state index contributed by atoms with van der Waals surface area (Å²) < 4.78 is 24.3. The molecule has 2 rings (SSSR count). The van der Waals surface area contributed by atoms with Crippen molar-refractivity contribution in [3.63, 3.8) is 0 Å². The predicted molar refractivity (Wildman–Crippen MR) is 91.6 cm³/mol. The number of hydrogen-bond donors (Lipinski definition) is 2. The van der Waals surface area contributed by atoms with Crippen molar-refractivity contribution in [3.8, 4) is 0 Å². The molecule has 1 heterocycles. The van der Waals surface area contributed by atoms with Crippen molar-refractivity contribution in [2.45, 2.75) is 0 Å². The highest BCUT2D eigenvalue weighted by Gasteiger charge is 2.14. The van der Waals surface area contributed by atoms with Gasteiger partial charge in [-0.25, -0.2) is 22.7 Å². The van der Waals surface area contributed by atoms with Crippen LogP contribution in [0, 0.1) is 0 Å². The number of hydrogen-bond acceptors (Lipinski definition) is 6. The number of amides is 1. The van der Waals surface area contributed by atoms with Gasteiger partial charge in [0.2, 0.25) is 16.0 Å². The normalized spacial score (nSPS) is 11.3. The van der Waals surface area contributed by atoms with E-state index in [0.717, 1.165) is 9.99 Å². The van der Waals surface area contributed by atoms with E-state index >= 15 is 0 Å². The van der Waals surface area contributed by atoms with E-state index in [0.29, 0.717) is 5.95 Å². The average Bonchev–Trinajstić information content (AvgIpc) is 2.56. The molecule has 1 amide bonds. The summed E-state index contributed by atoms with van der Waals surface area (Å²) in [5.41, 5.74) is 1.10. The molecule has 2 N–H and O–H groups in total. The van der Waals surface area contributed by atoms with E-state index in [-0.39, 0.29) is 17.9 Å². The van der Waals surface area contributed by atoms with Crippen molar-refractivity contribution >= 4 is 27.6 Å². The minimum Gasteiger partial charge on any atom is -0.351 e. The molecule has 0 bridgehead atoms. The van der Waals surface area contributed by atoms with E-state index in [9.17, 15) is 13.2 Å². The molecule has 2 aromatic rings. The van der Waals surface area contributed by atoms with E-state index in [1.54, 1.807) is 0 Å². The fourth-order valence-corrected chi connectivity index (χ4v) is 2.46. The maximum Gasteiger partial charge on any atom is 0.254 e. The molecule has 0 fully saturated rings. The number of carbonyl (C=O) groups excluding carboxylic acids is 1. The molecule has 24 heavy (non-hydrogen) atoms. The number of anilines is 2. The number of benzene rings is 1. The highest BCUT2D eigenvalue weighted by molar-refractivity contribution is 7.89. The van der Waals surface area contributed by atoms with E-state index in [1.807, 2.05) is 30.3 Å². The first-order valence-corrected chi connectivity index (χ1v) is 8.82. The molecule has 8 nitrogen and oxygen atoms in total. The van der Waals surface area contributed by atoms with E-state index in [4.69, 9.17) is 0 Å². The Hall–Kier alpha value is -2.52. The standard InChI is InChI=1S/C15H19N5O3S/c1-20(2)24(22,23)9-8-16-14(21)12-10-17-15(18-11-12)19-13-6-4-3-5-7-13/h3-7,10-11H,8-9H2,1-2H3,(H,16,21)(H,17,18,19). The van der Waals surface area contributed by atoms with Gasteiger partial charge in [0.25, 0.3) is 5.91 Å². The first-order valence-electron chi connectivity index (χ1n) is 7.21. The van der Waals surface area contributed by atoms with Gasteiger partial charge in [0.1, 0.15) is 0 Å². The zero-order chi connectivity index (χ0) is 17.6. The first-order chi connectivity index (χ1) is 11.4. The lowest BCUT2D eigenvalue weighted by atomic mass is 10.3. The molecule has 0 aliphatic carbocycles. The summed E-state index contributed by atoms with van der Waals surface area (Å²) in [5.74, 6) is -0.219. The van der Waals surface area contributed by atoms with Crippen molar-refractivity contribution in [1.82, 2.24) is 19.6 Å². The molecule has 1 aromatic heterocycles. The van der Waals surface area contributed by atoms with E-state index in [2.05, 4.69) is 20.6 Å². The summed E-state index contributed by atoms with van der Waals surface area (Å²) in [7, 11) is -0.444. The number of rotatable bonds is 7. The Balaban J connectivity index is 1.89.